The summed E-state index contributed by atoms with van der Waals surface area (Å²) in [4.78, 5) is 30.2. The molecule has 0 bridgehead atoms. The molecule has 3 rings (SSSR count). The summed E-state index contributed by atoms with van der Waals surface area (Å²) in [6, 6.07) is 6.72. The van der Waals surface area contributed by atoms with Gasteiger partial charge in [-0.05, 0) is 25.0 Å². The Balaban J connectivity index is 1.60. The van der Waals surface area contributed by atoms with Crippen LogP contribution in [0.2, 0.25) is 5.02 Å². The fraction of sp³-hybridized carbons (Fsp3) is 0.375. The van der Waals surface area contributed by atoms with Crippen LogP contribution >= 0.6 is 11.6 Å². The molecule has 2 aromatic rings. The van der Waals surface area contributed by atoms with Crippen LogP contribution in [-0.2, 0) is 16.1 Å². The first-order valence-corrected chi connectivity index (χ1v) is 8.20. The van der Waals surface area contributed by atoms with Gasteiger partial charge in [0, 0.05) is 13.0 Å². The van der Waals surface area contributed by atoms with Gasteiger partial charge in [-0.25, -0.2) is 4.98 Å². The van der Waals surface area contributed by atoms with Crippen molar-refractivity contribution in [3.05, 3.63) is 41.9 Å². The van der Waals surface area contributed by atoms with Crippen molar-refractivity contribution in [2.24, 2.45) is 0 Å². The van der Waals surface area contributed by atoms with Gasteiger partial charge in [0.2, 0.25) is 11.8 Å². The summed E-state index contributed by atoms with van der Waals surface area (Å²) in [7, 11) is 0. The molecule has 1 aromatic carbocycles. The second-order valence-electron chi connectivity index (χ2n) is 5.61. The lowest BCUT2D eigenvalue weighted by molar-refractivity contribution is -0.128. The highest BCUT2D eigenvalue weighted by Crippen LogP contribution is 2.28. The van der Waals surface area contributed by atoms with E-state index in [1.165, 1.54) is 6.33 Å². The Morgan fingerprint density at radius 3 is 2.96 bits per heavy atom. The largest absolute Gasteiger partial charge is 0.344 e. The van der Waals surface area contributed by atoms with Crippen LogP contribution in [0, 0.1) is 0 Å². The minimum atomic E-state index is -0.515. The third-order valence-corrected chi connectivity index (χ3v) is 4.27. The molecular formula is C16H18ClN5O2. The molecule has 1 fully saturated rings. The number of aromatic nitrogens is 3. The first-order chi connectivity index (χ1) is 11.6. The fourth-order valence-corrected chi connectivity index (χ4v) is 2.99. The summed E-state index contributed by atoms with van der Waals surface area (Å²) < 4.78 is 1.58. The van der Waals surface area contributed by atoms with E-state index >= 15 is 0 Å². The number of hydrogen-bond acceptors (Lipinski definition) is 4. The number of halogens is 1. The predicted octanol–water partition coefficient (Wildman–Crippen LogP) is 1.63. The zero-order chi connectivity index (χ0) is 16.9. The van der Waals surface area contributed by atoms with Crippen LogP contribution in [0.4, 0.5) is 5.69 Å². The highest BCUT2D eigenvalue weighted by molar-refractivity contribution is 6.33. The van der Waals surface area contributed by atoms with Gasteiger partial charge in [0.05, 0.1) is 17.3 Å². The van der Waals surface area contributed by atoms with Gasteiger partial charge in [0.1, 0.15) is 18.7 Å². The first-order valence-electron chi connectivity index (χ1n) is 7.83. The fourth-order valence-electron chi connectivity index (χ4n) is 2.75. The molecule has 1 aromatic heterocycles. The average Bonchev–Trinajstić information content (AvgIpc) is 3.09. The van der Waals surface area contributed by atoms with Crippen molar-refractivity contribution >= 4 is 29.1 Å². The standard InChI is InChI=1S/C16H18ClN5O2/c17-12-4-1-2-6-14(12)22-8-3-5-13(16(22)24)20-15(23)7-9-21-11-18-10-19-21/h1-2,4,6,10-11,13H,3,5,7-9H2,(H,20,23). The summed E-state index contributed by atoms with van der Waals surface area (Å²) >= 11 is 6.19. The van der Waals surface area contributed by atoms with Gasteiger partial charge < -0.3 is 10.2 Å². The average molecular weight is 348 g/mol. The van der Waals surface area contributed by atoms with E-state index in [-0.39, 0.29) is 18.2 Å². The molecule has 1 aliphatic rings. The van der Waals surface area contributed by atoms with Crippen LogP contribution in [0.25, 0.3) is 0 Å². The van der Waals surface area contributed by atoms with Crippen LogP contribution in [0.15, 0.2) is 36.9 Å². The van der Waals surface area contributed by atoms with Crippen LogP contribution < -0.4 is 10.2 Å². The Kier molecular flexibility index (Phi) is 5.10. The van der Waals surface area contributed by atoms with E-state index < -0.39 is 6.04 Å². The van der Waals surface area contributed by atoms with E-state index in [9.17, 15) is 9.59 Å². The third kappa shape index (κ3) is 3.73. The van der Waals surface area contributed by atoms with Gasteiger partial charge in [-0.2, -0.15) is 5.10 Å². The Hall–Kier alpha value is -2.41. The van der Waals surface area contributed by atoms with E-state index in [2.05, 4.69) is 15.4 Å². The monoisotopic (exact) mass is 347 g/mol. The molecule has 2 heterocycles. The maximum absolute atomic E-state index is 12.7. The summed E-state index contributed by atoms with van der Waals surface area (Å²) in [5.41, 5.74) is 0.686. The second kappa shape index (κ2) is 7.44. The minimum absolute atomic E-state index is 0.122. The molecule has 126 valence electrons. The molecule has 0 radical (unpaired) electrons. The topological polar surface area (TPSA) is 80.1 Å². The molecule has 7 nitrogen and oxygen atoms in total. The van der Waals surface area contributed by atoms with Crippen molar-refractivity contribution < 1.29 is 9.59 Å². The van der Waals surface area contributed by atoms with Gasteiger partial charge in [-0.15, -0.1) is 0 Å². The van der Waals surface area contributed by atoms with Crippen molar-refractivity contribution in [1.29, 1.82) is 0 Å². The van der Waals surface area contributed by atoms with Crippen molar-refractivity contribution in [1.82, 2.24) is 20.1 Å². The number of benzene rings is 1. The molecule has 0 spiro atoms. The van der Waals surface area contributed by atoms with E-state index in [0.29, 0.717) is 30.2 Å². The van der Waals surface area contributed by atoms with Crippen molar-refractivity contribution in [3.8, 4) is 0 Å². The molecule has 2 amide bonds. The summed E-state index contributed by atoms with van der Waals surface area (Å²) in [5.74, 6) is -0.298. The van der Waals surface area contributed by atoms with Gasteiger partial charge in [-0.3, -0.25) is 14.3 Å². The number of aryl methyl sites for hydroxylation is 1. The van der Waals surface area contributed by atoms with Gasteiger partial charge in [0.25, 0.3) is 0 Å². The number of carbonyl (C=O) groups excluding carboxylic acids is 2. The highest BCUT2D eigenvalue weighted by Gasteiger charge is 2.31. The second-order valence-corrected chi connectivity index (χ2v) is 6.02. The minimum Gasteiger partial charge on any atom is -0.344 e. The predicted molar refractivity (Wildman–Crippen MR) is 89.6 cm³/mol. The number of nitrogens with zero attached hydrogens (tertiary/aromatic N) is 4. The van der Waals surface area contributed by atoms with E-state index in [1.807, 2.05) is 18.2 Å². The summed E-state index contributed by atoms with van der Waals surface area (Å²) in [5, 5.41) is 7.29. The number of para-hydroxylation sites is 1. The van der Waals surface area contributed by atoms with E-state index in [4.69, 9.17) is 11.6 Å². The summed E-state index contributed by atoms with van der Waals surface area (Å²) in [6.07, 6.45) is 4.67. The molecule has 0 aliphatic carbocycles. The number of rotatable bonds is 5. The normalized spacial score (nSPS) is 17.8. The zero-order valence-corrected chi connectivity index (χ0v) is 13.8. The van der Waals surface area contributed by atoms with Crippen LogP contribution in [-0.4, -0.2) is 39.2 Å². The lowest BCUT2D eigenvalue weighted by atomic mass is 10.0. The Morgan fingerprint density at radius 2 is 2.21 bits per heavy atom. The van der Waals surface area contributed by atoms with Crippen LogP contribution in [0.3, 0.4) is 0 Å². The summed E-state index contributed by atoms with van der Waals surface area (Å²) in [6.45, 7) is 1.04. The molecule has 8 heteroatoms. The SMILES string of the molecule is O=C(CCn1cncn1)NC1CCCN(c2ccccc2Cl)C1=O. The molecule has 0 saturated carbocycles. The van der Waals surface area contributed by atoms with Crippen LogP contribution in [0.1, 0.15) is 19.3 Å². The Labute approximate surface area is 144 Å². The molecule has 1 aliphatic heterocycles. The highest BCUT2D eigenvalue weighted by atomic mass is 35.5. The van der Waals surface area contributed by atoms with Crippen molar-refractivity contribution in [3.63, 3.8) is 0 Å². The molecule has 1 atom stereocenters. The molecule has 1 saturated heterocycles. The molecule has 1 unspecified atom stereocenters. The number of hydrogen-bond donors (Lipinski definition) is 1. The van der Waals surface area contributed by atoms with Gasteiger partial charge >= 0.3 is 0 Å². The van der Waals surface area contributed by atoms with E-state index in [0.717, 1.165) is 6.42 Å². The van der Waals surface area contributed by atoms with Gasteiger partial charge in [-0.1, -0.05) is 23.7 Å². The lowest BCUT2D eigenvalue weighted by Crippen LogP contribution is -2.52. The maximum Gasteiger partial charge on any atom is 0.249 e. The smallest absolute Gasteiger partial charge is 0.249 e. The van der Waals surface area contributed by atoms with Crippen molar-refractivity contribution in [2.45, 2.75) is 31.8 Å². The number of carbonyl (C=O) groups is 2. The maximum atomic E-state index is 12.7. The number of piperidine rings is 1. The third-order valence-electron chi connectivity index (χ3n) is 3.95. The van der Waals surface area contributed by atoms with Crippen molar-refractivity contribution in [2.75, 3.05) is 11.4 Å². The molecular weight excluding hydrogens is 330 g/mol. The van der Waals surface area contributed by atoms with Gasteiger partial charge in [0.15, 0.2) is 0 Å². The number of amides is 2. The first kappa shape index (κ1) is 16.4. The quantitative estimate of drug-likeness (QED) is 0.891. The number of nitrogens with one attached hydrogen (secondary N) is 1. The molecule has 24 heavy (non-hydrogen) atoms. The lowest BCUT2D eigenvalue weighted by Gasteiger charge is -2.33. The molecule has 1 N–H and O–H groups in total. The Bertz CT molecular complexity index is 719. The zero-order valence-electron chi connectivity index (χ0n) is 13.1. The Morgan fingerprint density at radius 1 is 1.38 bits per heavy atom. The van der Waals surface area contributed by atoms with Crippen LogP contribution in [0.5, 0.6) is 0 Å². The number of anilines is 1. The van der Waals surface area contributed by atoms with E-state index in [1.54, 1.807) is 22.0 Å².